The number of amides is 2. The molecule has 0 saturated carbocycles. The van der Waals surface area contributed by atoms with Crippen molar-refractivity contribution in [1.29, 1.82) is 0 Å². The summed E-state index contributed by atoms with van der Waals surface area (Å²) in [5, 5.41) is 5.58. The maximum Gasteiger partial charge on any atom is 0.337 e. The molecule has 0 radical (unpaired) electrons. The molecule has 0 heterocycles. The average Bonchev–Trinajstić information content (AvgIpc) is 2.66. The van der Waals surface area contributed by atoms with Gasteiger partial charge in [0.1, 0.15) is 0 Å². The third-order valence-electron chi connectivity index (χ3n) is 3.64. The molecule has 0 atom stereocenters. The lowest BCUT2D eigenvalue weighted by molar-refractivity contribution is -0.120. The van der Waals surface area contributed by atoms with Crippen LogP contribution in [0, 0.1) is 0 Å². The van der Waals surface area contributed by atoms with Gasteiger partial charge in [0.15, 0.2) is 0 Å². The lowest BCUT2D eigenvalue weighted by atomic mass is 10.1. The number of nitrogens with one attached hydrogen (secondary N) is 2. The van der Waals surface area contributed by atoms with Crippen LogP contribution in [0.25, 0.3) is 0 Å². The molecule has 0 aliphatic carbocycles. The van der Waals surface area contributed by atoms with Crippen molar-refractivity contribution in [3.05, 3.63) is 70.2 Å². The van der Waals surface area contributed by atoms with Crippen LogP contribution in [0.3, 0.4) is 0 Å². The summed E-state index contributed by atoms with van der Waals surface area (Å²) in [6, 6.07) is 13.6. The van der Waals surface area contributed by atoms with Crippen molar-refractivity contribution in [2.75, 3.05) is 20.2 Å². The maximum absolute atomic E-state index is 12.0. The summed E-state index contributed by atoms with van der Waals surface area (Å²) in [6.07, 6.45) is 0.603. The predicted molar refractivity (Wildman–Crippen MR) is 98.3 cm³/mol. The number of carbonyl (C=O) groups is 3. The lowest BCUT2D eigenvalue weighted by Crippen LogP contribution is -2.37. The highest BCUT2D eigenvalue weighted by Gasteiger charge is 2.10. The lowest BCUT2D eigenvalue weighted by Gasteiger charge is -2.08. The quantitative estimate of drug-likeness (QED) is 0.728. The Kier molecular flexibility index (Phi) is 7.17. The summed E-state index contributed by atoms with van der Waals surface area (Å²) in [7, 11) is 1.33. The number of halogens is 1. The van der Waals surface area contributed by atoms with Gasteiger partial charge in [0.05, 0.1) is 29.8 Å². The molecular formula is C19H19ClN2O4. The first kappa shape index (κ1) is 19.5. The summed E-state index contributed by atoms with van der Waals surface area (Å²) >= 11 is 5.94. The van der Waals surface area contributed by atoms with E-state index in [-0.39, 0.29) is 18.4 Å². The summed E-state index contributed by atoms with van der Waals surface area (Å²) in [5.74, 6) is -1.08. The molecule has 2 amide bonds. The number of ether oxygens (including phenoxy) is 1. The molecule has 7 heteroatoms. The molecular weight excluding hydrogens is 356 g/mol. The summed E-state index contributed by atoms with van der Waals surface area (Å²) in [5.41, 5.74) is 1.77. The molecule has 0 aliphatic rings. The molecule has 2 N–H and O–H groups in total. The van der Waals surface area contributed by atoms with Crippen LogP contribution in [-0.2, 0) is 16.0 Å². The standard InChI is InChI=1S/C19H19ClN2O4/c1-26-19(25)14-8-6-13(7-9-14)10-11-21-17(23)12-22-18(24)15-4-2-3-5-16(15)20/h2-9H,10-12H2,1H3,(H,21,23)(H,22,24). The van der Waals surface area contributed by atoms with Gasteiger partial charge >= 0.3 is 5.97 Å². The molecule has 6 nitrogen and oxygen atoms in total. The minimum absolute atomic E-state index is 0.134. The fourth-order valence-corrected chi connectivity index (χ4v) is 2.46. The molecule has 136 valence electrons. The van der Waals surface area contributed by atoms with Crippen LogP contribution in [0.4, 0.5) is 0 Å². The van der Waals surface area contributed by atoms with E-state index in [9.17, 15) is 14.4 Å². The predicted octanol–water partition coefficient (Wildman–Crippen LogP) is 2.22. The van der Waals surface area contributed by atoms with Crippen molar-refractivity contribution in [1.82, 2.24) is 10.6 Å². The first-order valence-electron chi connectivity index (χ1n) is 7.98. The van der Waals surface area contributed by atoms with Gasteiger partial charge in [0.2, 0.25) is 5.91 Å². The number of hydrogen-bond acceptors (Lipinski definition) is 4. The van der Waals surface area contributed by atoms with Crippen molar-refractivity contribution in [3.8, 4) is 0 Å². The Morgan fingerprint density at radius 3 is 2.35 bits per heavy atom. The van der Waals surface area contributed by atoms with Crippen molar-refractivity contribution < 1.29 is 19.1 Å². The van der Waals surface area contributed by atoms with Gasteiger partial charge in [-0.25, -0.2) is 4.79 Å². The van der Waals surface area contributed by atoms with Crippen molar-refractivity contribution in [2.24, 2.45) is 0 Å². The summed E-state index contributed by atoms with van der Waals surface area (Å²) in [6.45, 7) is 0.281. The van der Waals surface area contributed by atoms with Crippen LogP contribution in [0.5, 0.6) is 0 Å². The Morgan fingerprint density at radius 1 is 1.00 bits per heavy atom. The van der Waals surface area contributed by atoms with Crippen LogP contribution in [0.15, 0.2) is 48.5 Å². The van der Waals surface area contributed by atoms with Crippen LogP contribution in [-0.4, -0.2) is 38.0 Å². The first-order chi connectivity index (χ1) is 12.5. The Bertz CT molecular complexity index is 790. The molecule has 0 saturated heterocycles. The van der Waals surface area contributed by atoms with E-state index in [2.05, 4.69) is 15.4 Å². The first-order valence-corrected chi connectivity index (χ1v) is 8.35. The van der Waals surface area contributed by atoms with Crippen LogP contribution >= 0.6 is 11.6 Å². The van der Waals surface area contributed by atoms with Gasteiger partial charge in [-0.2, -0.15) is 0 Å². The average molecular weight is 375 g/mol. The number of hydrogen-bond donors (Lipinski definition) is 2. The molecule has 2 rings (SSSR count). The van der Waals surface area contributed by atoms with E-state index < -0.39 is 5.91 Å². The van der Waals surface area contributed by atoms with Gasteiger partial charge in [-0.1, -0.05) is 35.9 Å². The van der Waals surface area contributed by atoms with Crippen LogP contribution < -0.4 is 10.6 Å². The molecule has 0 unspecified atom stereocenters. The molecule has 0 aromatic heterocycles. The van der Waals surface area contributed by atoms with E-state index in [1.807, 2.05) is 0 Å². The summed E-state index contributed by atoms with van der Waals surface area (Å²) < 4.78 is 4.64. The topological polar surface area (TPSA) is 84.5 Å². The fourth-order valence-electron chi connectivity index (χ4n) is 2.24. The zero-order valence-electron chi connectivity index (χ0n) is 14.3. The molecule has 0 spiro atoms. The monoisotopic (exact) mass is 374 g/mol. The Labute approximate surface area is 156 Å². The van der Waals surface area contributed by atoms with Crippen LogP contribution in [0.1, 0.15) is 26.3 Å². The highest BCUT2D eigenvalue weighted by Crippen LogP contribution is 2.14. The zero-order chi connectivity index (χ0) is 18.9. The third-order valence-corrected chi connectivity index (χ3v) is 3.97. The Hall–Kier alpha value is -2.86. The fraction of sp³-hybridized carbons (Fsp3) is 0.211. The molecule has 0 fully saturated rings. The maximum atomic E-state index is 12.0. The Balaban J connectivity index is 1.73. The smallest absolute Gasteiger partial charge is 0.337 e. The number of benzene rings is 2. The normalized spacial score (nSPS) is 10.1. The molecule has 26 heavy (non-hydrogen) atoms. The minimum atomic E-state index is -0.399. The second kappa shape index (κ2) is 9.58. The molecule has 0 aliphatic heterocycles. The second-order valence-electron chi connectivity index (χ2n) is 5.45. The summed E-state index contributed by atoms with van der Waals surface area (Å²) in [4.78, 5) is 35.1. The second-order valence-corrected chi connectivity index (χ2v) is 5.86. The van der Waals surface area contributed by atoms with Gasteiger partial charge in [0, 0.05) is 6.54 Å². The van der Waals surface area contributed by atoms with Crippen molar-refractivity contribution >= 4 is 29.4 Å². The zero-order valence-corrected chi connectivity index (χ0v) is 15.0. The minimum Gasteiger partial charge on any atom is -0.465 e. The van der Waals surface area contributed by atoms with E-state index in [1.165, 1.54) is 7.11 Å². The number of carbonyl (C=O) groups excluding carboxylic acids is 3. The van der Waals surface area contributed by atoms with E-state index in [0.29, 0.717) is 29.1 Å². The largest absolute Gasteiger partial charge is 0.465 e. The van der Waals surface area contributed by atoms with Gasteiger partial charge in [-0.3, -0.25) is 9.59 Å². The molecule has 2 aromatic rings. The molecule has 0 bridgehead atoms. The van der Waals surface area contributed by atoms with Gasteiger partial charge in [-0.05, 0) is 36.2 Å². The van der Waals surface area contributed by atoms with E-state index in [1.54, 1.807) is 48.5 Å². The van der Waals surface area contributed by atoms with E-state index >= 15 is 0 Å². The van der Waals surface area contributed by atoms with E-state index in [4.69, 9.17) is 11.6 Å². The van der Waals surface area contributed by atoms with E-state index in [0.717, 1.165) is 5.56 Å². The number of rotatable bonds is 7. The van der Waals surface area contributed by atoms with Crippen molar-refractivity contribution in [3.63, 3.8) is 0 Å². The highest BCUT2D eigenvalue weighted by molar-refractivity contribution is 6.33. The van der Waals surface area contributed by atoms with Gasteiger partial charge in [-0.15, -0.1) is 0 Å². The van der Waals surface area contributed by atoms with Crippen molar-refractivity contribution in [2.45, 2.75) is 6.42 Å². The van der Waals surface area contributed by atoms with Crippen LogP contribution in [0.2, 0.25) is 5.02 Å². The number of methoxy groups -OCH3 is 1. The van der Waals surface area contributed by atoms with Gasteiger partial charge < -0.3 is 15.4 Å². The third kappa shape index (κ3) is 5.60. The highest BCUT2D eigenvalue weighted by atomic mass is 35.5. The Morgan fingerprint density at radius 2 is 1.69 bits per heavy atom. The number of esters is 1. The SMILES string of the molecule is COC(=O)c1ccc(CCNC(=O)CNC(=O)c2ccccc2Cl)cc1. The van der Waals surface area contributed by atoms with Gasteiger partial charge in [0.25, 0.3) is 5.91 Å². The molecule has 2 aromatic carbocycles.